The highest BCUT2D eigenvalue weighted by Crippen LogP contribution is 2.34. The molecule has 0 bridgehead atoms. The number of nitrogens with one attached hydrogen (secondary N) is 1. The Bertz CT molecular complexity index is 867. The lowest BCUT2D eigenvalue weighted by Crippen LogP contribution is -2.31. The predicted molar refractivity (Wildman–Crippen MR) is 100 cm³/mol. The van der Waals surface area contributed by atoms with Crippen molar-refractivity contribution in [3.8, 4) is 11.5 Å². The Hall–Kier alpha value is -3.02. The third-order valence-corrected chi connectivity index (χ3v) is 4.49. The molecule has 0 aromatic heterocycles. The van der Waals surface area contributed by atoms with Crippen molar-refractivity contribution in [2.75, 3.05) is 13.4 Å². The molecule has 0 fully saturated rings. The molecule has 1 heterocycles. The van der Waals surface area contributed by atoms with Gasteiger partial charge in [-0.15, -0.1) is 0 Å². The van der Waals surface area contributed by atoms with Gasteiger partial charge in [0.1, 0.15) is 0 Å². The van der Waals surface area contributed by atoms with Crippen molar-refractivity contribution in [3.63, 3.8) is 0 Å². The van der Waals surface area contributed by atoms with Crippen molar-refractivity contribution in [2.45, 2.75) is 33.7 Å². The highest BCUT2D eigenvalue weighted by Gasteiger charge is 2.19. The number of aryl methyl sites for hydroxylation is 3. The minimum atomic E-state index is -0.490. The summed E-state index contributed by atoms with van der Waals surface area (Å²) < 4.78 is 15.8. The smallest absolute Gasteiger partial charge is 0.339 e. The van der Waals surface area contributed by atoms with E-state index in [4.69, 9.17) is 14.2 Å². The summed E-state index contributed by atoms with van der Waals surface area (Å²) in [6.45, 7) is 7.41. The van der Waals surface area contributed by atoms with Crippen LogP contribution in [0.1, 0.15) is 45.6 Å². The van der Waals surface area contributed by atoms with Gasteiger partial charge < -0.3 is 19.5 Å². The summed E-state index contributed by atoms with van der Waals surface area (Å²) in [6.07, 6.45) is 0. The van der Waals surface area contributed by atoms with E-state index in [0.29, 0.717) is 17.1 Å². The Kier molecular flexibility index (Phi) is 5.35. The van der Waals surface area contributed by atoms with Crippen LogP contribution in [0.25, 0.3) is 0 Å². The lowest BCUT2D eigenvalue weighted by Gasteiger charge is -2.15. The van der Waals surface area contributed by atoms with Crippen molar-refractivity contribution >= 4 is 11.9 Å². The van der Waals surface area contributed by atoms with E-state index in [2.05, 4.69) is 5.32 Å². The normalized spacial score (nSPS) is 13.2. The van der Waals surface area contributed by atoms with Gasteiger partial charge in [0.05, 0.1) is 11.6 Å². The number of ether oxygens (including phenoxy) is 3. The second-order valence-corrected chi connectivity index (χ2v) is 6.75. The van der Waals surface area contributed by atoms with E-state index >= 15 is 0 Å². The maximum Gasteiger partial charge on any atom is 0.339 e. The molecular weight excluding hydrogens is 346 g/mol. The first kappa shape index (κ1) is 18.8. The molecule has 142 valence electrons. The number of esters is 1. The summed E-state index contributed by atoms with van der Waals surface area (Å²) in [5.41, 5.74) is 4.15. The van der Waals surface area contributed by atoms with Crippen LogP contribution in [-0.2, 0) is 9.53 Å². The van der Waals surface area contributed by atoms with Gasteiger partial charge in [-0.3, -0.25) is 4.79 Å². The van der Waals surface area contributed by atoms with Crippen molar-refractivity contribution in [2.24, 2.45) is 0 Å². The second kappa shape index (κ2) is 7.70. The zero-order valence-electron chi connectivity index (χ0n) is 15.9. The van der Waals surface area contributed by atoms with Crippen LogP contribution in [0, 0.1) is 20.8 Å². The number of rotatable bonds is 5. The molecule has 27 heavy (non-hydrogen) atoms. The van der Waals surface area contributed by atoms with Gasteiger partial charge in [0.25, 0.3) is 5.91 Å². The van der Waals surface area contributed by atoms with E-state index in [9.17, 15) is 9.59 Å². The van der Waals surface area contributed by atoms with Crippen LogP contribution in [0.5, 0.6) is 11.5 Å². The molecule has 3 rings (SSSR count). The monoisotopic (exact) mass is 369 g/mol. The molecule has 2 aromatic rings. The van der Waals surface area contributed by atoms with Crippen LogP contribution in [0.15, 0.2) is 30.3 Å². The summed E-state index contributed by atoms with van der Waals surface area (Å²) in [5.74, 6) is 0.493. The lowest BCUT2D eigenvalue weighted by molar-refractivity contribution is -0.124. The lowest BCUT2D eigenvalue weighted by atomic mass is 10.00. The van der Waals surface area contributed by atoms with E-state index in [-0.39, 0.29) is 25.3 Å². The van der Waals surface area contributed by atoms with Crippen LogP contribution in [0.3, 0.4) is 0 Å². The van der Waals surface area contributed by atoms with Crippen LogP contribution < -0.4 is 14.8 Å². The number of benzene rings is 2. The van der Waals surface area contributed by atoms with Crippen molar-refractivity contribution in [3.05, 3.63) is 58.1 Å². The topological polar surface area (TPSA) is 73.9 Å². The molecule has 1 amide bonds. The number of carbonyl (C=O) groups is 2. The van der Waals surface area contributed by atoms with E-state index in [1.165, 1.54) is 0 Å². The fourth-order valence-electron chi connectivity index (χ4n) is 3.25. The van der Waals surface area contributed by atoms with Gasteiger partial charge in [-0.2, -0.15) is 0 Å². The van der Waals surface area contributed by atoms with E-state index in [1.807, 2.05) is 58.0 Å². The number of hydrogen-bond donors (Lipinski definition) is 1. The first-order valence-corrected chi connectivity index (χ1v) is 8.79. The van der Waals surface area contributed by atoms with Gasteiger partial charge in [0.2, 0.25) is 6.79 Å². The minimum absolute atomic E-state index is 0.202. The van der Waals surface area contributed by atoms with Crippen LogP contribution in [0.2, 0.25) is 0 Å². The Labute approximate surface area is 158 Å². The van der Waals surface area contributed by atoms with Crippen molar-refractivity contribution in [1.82, 2.24) is 5.32 Å². The zero-order valence-corrected chi connectivity index (χ0v) is 15.9. The molecule has 6 nitrogen and oxygen atoms in total. The molecule has 0 saturated heterocycles. The molecule has 0 aliphatic carbocycles. The quantitative estimate of drug-likeness (QED) is 0.818. The average Bonchev–Trinajstić information content (AvgIpc) is 3.06. The number of hydrogen-bond acceptors (Lipinski definition) is 5. The first-order chi connectivity index (χ1) is 12.8. The third-order valence-electron chi connectivity index (χ3n) is 4.49. The fourth-order valence-corrected chi connectivity index (χ4v) is 3.25. The summed E-state index contributed by atoms with van der Waals surface area (Å²) in [6, 6.07) is 9.09. The van der Waals surface area contributed by atoms with E-state index in [1.54, 1.807) is 0 Å². The Morgan fingerprint density at radius 1 is 1.07 bits per heavy atom. The summed E-state index contributed by atoms with van der Waals surface area (Å²) in [5, 5.41) is 2.82. The first-order valence-electron chi connectivity index (χ1n) is 8.79. The molecule has 1 N–H and O–H groups in total. The maximum absolute atomic E-state index is 12.4. The molecule has 6 heteroatoms. The van der Waals surface area contributed by atoms with Crippen molar-refractivity contribution in [1.29, 1.82) is 0 Å². The minimum Gasteiger partial charge on any atom is -0.454 e. The zero-order chi connectivity index (χ0) is 19.6. The molecule has 0 saturated carbocycles. The van der Waals surface area contributed by atoms with Crippen LogP contribution in [-0.4, -0.2) is 25.3 Å². The summed E-state index contributed by atoms with van der Waals surface area (Å²) in [7, 11) is 0. The molecule has 1 aliphatic rings. The second-order valence-electron chi connectivity index (χ2n) is 6.75. The fraction of sp³-hybridized carbons (Fsp3) is 0.333. The number of fused-ring (bicyclic) bond motifs is 1. The SMILES string of the molecule is Cc1cc(C)c(C(=O)OCC(=O)N[C@@H](C)c2ccc3c(c2)OCO3)c(C)c1. The van der Waals surface area contributed by atoms with Gasteiger partial charge >= 0.3 is 5.97 Å². The van der Waals surface area contributed by atoms with Gasteiger partial charge in [-0.1, -0.05) is 23.8 Å². The van der Waals surface area contributed by atoms with E-state index in [0.717, 1.165) is 22.3 Å². The third kappa shape index (κ3) is 4.22. The summed E-state index contributed by atoms with van der Waals surface area (Å²) >= 11 is 0. The number of amides is 1. The molecule has 0 unspecified atom stereocenters. The molecule has 1 atom stereocenters. The molecule has 0 radical (unpaired) electrons. The molecule has 1 aliphatic heterocycles. The Balaban J connectivity index is 1.57. The maximum atomic E-state index is 12.4. The van der Waals surface area contributed by atoms with E-state index < -0.39 is 5.97 Å². The number of carbonyl (C=O) groups excluding carboxylic acids is 2. The van der Waals surface area contributed by atoms with Gasteiger partial charge in [-0.05, 0) is 56.5 Å². The predicted octanol–water partition coefficient (Wildman–Crippen LogP) is 3.37. The van der Waals surface area contributed by atoms with Gasteiger partial charge in [-0.25, -0.2) is 4.79 Å². The summed E-state index contributed by atoms with van der Waals surface area (Å²) in [4.78, 5) is 24.5. The highest BCUT2D eigenvalue weighted by atomic mass is 16.7. The molecule has 2 aromatic carbocycles. The standard InChI is InChI=1S/C21H23NO5/c1-12-7-13(2)20(14(3)8-12)21(24)25-10-19(23)22-15(4)16-5-6-17-18(9-16)27-11-26-17/h5-9,15H,10-11H2,1-4H3,(H,22,23)/t15-/m0/s1. The highest BCUT2D eigenvalue weighted by molar-refractivity contribution is 5.94. The Morgan fingerprint density at radius 2 is 1.74 bits per heavy atom. The largest absolute Gasteiger partial charge is 0.454 e. The van der Waals surface area contributed by atoms with Crippen LogP contribution >= 0.6 is 0 Å². The molecular formula is C21H23NO5. The molecule has 0 spiro atoms. The average molecular weight is 369 g/mol. The van der Waals surface area contributed by atoms with Crippen LogP contribution in [0.4, 0.5) is 0 Å². The Morgan fingerprint density at radius 3 is 2.44 bits per heavy atom. The van der Waals surface area contributed by atoms with Gasteiger partial charge in [0, 0.05) is 0 Å². The van der Waals surface area contributed by atoms with Crippen molar-refractivity contribution < 1.29 is 23.8 Å². The van der Waals surface area contributed by atoms with Gasteiger partial charge in [0.15, 0.2) is 18.1 Å².